The van der Waals surface area contributed by atoms with Gasteiger partial charge in [-0.1, -0.05) is 36.4 Å². The summed E-state index contributed by atoms with van der Waals surface area (Å²) in [6.07, 6.45) is 2.12. The van der Waals surface area contributed by atoms with Crippen molar-refractivity contribution in [2.24, 2.45) is 0 Å². The standard InChI is InChI=1S/C22H24N2O3/c1-26-19-10-9-17(15-23-14-16-7-3-2-4-8-16)18-13-20(27-21(18)19)22(25)24-11-5-6-12-24/h2-4,7-10,13,23H,5-6,11-12,14-15H2,1H3. The van der Waals surface area contributed by atoms with Gasteiger partial charge >= 0.3 is 0 Å². The minimum atomic E-state index is -0.0334. The number of carbonyl (C=O) groups excluding carboxylic acids is 1. The van der Waals surface area contributed by atoms with Crippen LogP contribution in [0.25, 0.3) is 11.0 Å². The highest BCUT2D eigenvalue weighted by molar-refractivity contribution is 5.98. The monoisotopic (exact) mass is 364 g/mol. The lowest BCUT2D eigenvalue weighted by Gasteiger charge is -2.12. The molecular weight excluding hydrogens is 340 g/mol. The van der Waals surface area contributed by atoms with Crippen LogP contribution in [0.4, 0.5) is 0 Å². The molecule has 1 amide bonds. The summed E-state index contributed by atoms with van der Waals surface area (Å²) >= 11 is 0. The highest BCUT2D eigenvalue weighted by Gasteiger charge is 2.24. The van der Waals surface area contributed by atoms with E-state index in [1.54, 1.807) is 7.11 Å². The largest absolute Gasteiger partial charge is 0.493 e. The number of methoxy groups -OCH3 is 1. The third-order valence-electron chi connectivity index (χ3n) is 5.05. The van der Waals surface area contributed by atoms with Crippen LogP contribution < -0.4 is 10.1 Å². The van der Waals surface area contributed by atoms with E-state index in [0.29, 0.717) is 23.6 Å². The fraction of sp³-hybridized carbons (Fsp3) is 0.318. The Morgan fingerprint density at radius 1 is 1.11 bits per heavy atom. The maximum Gasteiger partial charge on any atom is 0.289 e. The van der Waals surface area contributed by atoms with Crippen LogP contribution in [-0.2, 0) is 13.1 Å². The molecule has 1 saturated heterocycles. The van der Waals surface area contributed by atoms with Crippen molar-refractivity contribution in [3.63, 3.8) is 0 Å². The van der Waals surface area contributed by atoms with Crippen LogP contribution in [0.5, 0.6) is 5.75 Å². The van der Waals surface area contributed by atoms with Crippen LogP contribution >= 0.6 is 0 Å². The summed E-state index contributed by atoms with van der Waals surface area (Å²) in [7, 11) is 1.62. The lowest BCUT2D eigenvalue weighted by molar-refractivity contribution is 0.0763. The Morgan fingerprint density at radius 3 is 2.63 bits per heavy atom. The summed E-state index contributed by atoms with van der Waals surface area (Å²) in [6, 6.07) is 16.1. The van der Waals surface area contributed by atoms with Gasteiger partial charge in [0.05, 0.1) is 7.11 Å². The number of likely N-dealkylation sites (tertiary alicyclic amines) is 1. The molecule has 4 rings (SSSR count). The van der Waals surface area contributed by atoms with Gasteiger partial charge in [0.2, 0.25) is 0 Å². The van der Waals surface area contributed by atoms with Gasteiger partial charge in [0.15, 0.2) is 17.1 Å². The summed E-state index contributed by atoms with van der Waals surface area (Å²) in [4.78, 5) is 14.6. The summed E-state index contributed by atoms with van der Waals surface area (Å²) in [5.41, 5.74) is 2.96. The molecule has 5 nitrogen and oxygen atoms in total. The predicted octanol–water partition coefficient (Wildman–Crippen LogP) is 3.97. The molecule has 5 heteroatoms. The zero-order chi connectivity index (χ0) is 18.6. The smallest absolute Gasteiger partial charge is 0.289 e. The highest BCUT2D eigenvalue weighted by atomic mass is 16.5. The number of nitrogens with zero attached hydrogens (tertiary/aromatic N) is 1. The van der Waals surface area contributed by atoms with Crippen LogP contribution in [0.2, 0.25) is 0 Å². The molecule has 0 saturated carbocycles. The molecule has 0 aliphatic carbocycles. The van der Waals surface area contributed by atoms with Crippen LogP contribution in [0.1, 0.15) is 34.5 Å². The summed E-state index contributed by atoms with van der Waals surface area (Å²) < 4.78 is 11.4. The molecule has 0 atom stereocenters. The van der Waals surface area contributed by atoms with Crippen LogP contribution in [0.15, 0.2) is 52.9 Å². The minimum absolute atomic E-state index is 0.0334. The average Bonchev–Trinajstić information content (AvgIpc) is 3.39. The van der Waals surface area contributed by atoms with Crippen LogP contribution in [0, 0.1) is 0 Å². The molecule has 0 spiro atoms. The number of amides is 1. The van der Waals surface area contributed by atoms with Gasteiger partial charge in [-0.15, -0.1) is 0 Å². The third-order valence-corrected chi connectivity index (χ3v) is 5.05. The second-order valence-corrected chi connectivity index (χ2v) is 6.87. The maximum atomic E-state index is 12.7. The van der Waals surface area contributed by atoms with E-state index in [1.165, 1.54) is 5.56 Å². The van der Waals surface area contributed by atoms with Gasteiger partial charge in [0, 0.05) is 31.6 Å². The number of fused-ring (bicyclic) bond motifs is 1. The van der Waals surface area contributed by atoms with E-state index < -0.39 is 0 Å². The van der Waals surface area contributed by atoms with Gasteiger partial charge in [-0.05, 0) is 36.1 Å². The molecule has 0 bridgehead atoms. The molecule has 0 unspecified atom stereocenters. The lowest BCUT2D eigenvalue weighted by atomic mass is 10.1. The molecule has 2 heterocycles. The topological polar surface area (TPSA) is 54.7 Å². The van der Waals surface area contributed by atoms with E-state index in [2.05, 4.69) is 17.4 Å². The Hall–Kier alpha value is -2.79. The molecule has 1 aromatic heterocycles. The van der Waals surface area contributed by atoms with E-state index in [9.17, 15) is 4.79 Å². The van der Waals surface area contributed by atoms with Crippen molar-refractivity contribution in [1.82, 2.24) is 10.2 Å². The molecule has 0 radical (unpaired) electrons. The Bertz CT molecular complexity index is 927. The highest BCUT2D eigenvalue weighted by Crippen LogP contribution is 2.32. The first kappa shape index (κ1) is 17.6. The molecule has 27 heavy (non-hydrogen) atoms. The Morgan fingerprint density at radius 2 is 1.89 bits per heavy atom. The van der Waals surface area contributed by atoms with Gasteiger partial charge < -0.3 is 19.4 Å². The Balaban J connectivity index is 1.57. The molecule has 140 valence electrons. The van der Waals surface area contributed by atoms with Crippen molar-refractivity contribution in [3.05, 3.63) is 65.4 Å². The summed E-state index contributed by atoms with van der Waals surface area (Å²) in [5.74, 6) is 1.01. The fourth-order valence-corrected chi connectivity index (χ4v) is 3.59. The predicted molar refractivity (Wildman–Crippen MR) is 105 cm³/mol. The number of rotatable bonds is 6. The lowest BCUT2D eigenvalue weighted by Crippen LogP contribution is -2.27. The number of carbonyl (C=O) groups is 1. The first-order valence-electron chi connectivity index (χ1n) is 9.39. The summed E-state index contributed by atoms with van der Waals surface area (Å²) in [5, 5.41) is 4.39. The van der Waals surface area contributed by atoms with Crippen molar-refractivity contribution in [2.45, 2.75) is 25.9 Å². The van der Waals surface area contributed by atoms with Crippen molar-refractivity contribution < 1.29 is 13.9 Å². The number of benzene rings is 2. The number of furan rings is 1. The number of nitrogens with one attached hydrogen (secondary N) is 1. The van der Waals surface area contributed by atoms with Crippen LogP contribution in [-0.4, -0.2) is 31.0 Å². The van der Waals surface area contributed by atoms with E-state index in [-0.39, 0.29) is 5.91 Å². The number of ether oxygens (including phenoxy) is 1. The van der Waals surface area contributed by atoms with Crippen LogP contribution in [0.3, 0.4) is 0 Å². The van der Waals surface area contributed by atoms with Gasteiger partial charge in [-0.2, -0.15) is 0 Å². The van der Waals surface area contributed by atoms with E-state index in [4.69, 9.17) is 9.15 Å². The van der Waals surface area contributed by atoms with Gasteiger partial charge in [0.1, 0.15) is 0 Å². The Kier molecular flexibility index (Phi) is 5.12. The fourth-order valence-electron chi connectivity index (χ4n) is 3.59. The van der Waals surface area contributed by atoms with Crippen molar-refractivity contribution >= 4 is 16.9 Å². The SMILES string of the molecule is COc1ccc(CNCc2ccccc2)c2cc(C(=O)N3CCCC3)oc12. The van der Waals surface area contributed by atoms with Gasteiger partial charge in [0.25, 0.3) is 5.91 Å². The van der Waals surface area contributed by atoms with E-state index >= 15 is 0 Å². The zero-order valence-corrected chi connectivity index (χ0v) is 15.5. The summed E-state index contributed by atoms with van der Waals surface area (Å²) in [6.45, 7) is 3.08. The first-order valence-corrected chi connectivity index (χ1v) is 9.39. The number of hydrogen-bond acceptors (Lipinski definition) is 4. The maximum absolute atomic E-state index is 12.7. The van der Waals surface area contributed by atoms with Crippen molar-refractivity contribution in [1.29, 1.82) is 0 Å². The average molecular weight is 364 g/mol. The van der Waals surface area contributed by atoms with Gasteiger partial charge in [-0.3, -0.25) is 4.79 Å². The Labute approximate surface area is 158 Å². The first-order chi connectivity index (χ1) is 13.3. The minimum Gasteiger partial charge on any atom is -0.493 e. The molecule has 1 aliphatic heterocycles. The third kappa shape index (κ3) is 3.69. The molecule has 1 fully saturated rings. The second kappa shape index (κ2) is 7.84. The molecule has 2 aromatic carbocycles. The van der Waals surface area contributed by atoms with E-state index in [1.807, 2.05) is 41.3 Å². The zero-order valence-electron chi connectivity index (χ0n) is 15.5. The second-order valence-electron chi connectivity index (χ2n) is 6.87. The normalized spacial score (nSPS) is 14.0. The molecule has 1 N–H and O–H groups in total. The van der Waals surface area contributed by atoms with Crippen molar-refractivity contribution in [2.75, 3.05) is 20.2 Å². The molecule has 3 aromatic rings. The van der Waals surface area contributed by atoms with Gasteiger partial charge in [-0.25, -0.2) is 0 Å². The molecule has 1 aliphatic rings. The van der Waals surface area contributed by atoms with E-state index in [0.717, 1.165) is 43.4 Å². The molecular formula is C22H24N2O3. The quantitative estimate of drug-likeness (QED) is 0.719. The van der Waals surface area contributed by atoms with Crippen molar-refractivity contribution in [3.8, 4) is 5.75 Å². The number of hydrogen-bond donors (Lipinski definition) is 1.